The molecule has 3 rings (SSSR count). The quantitative estimate of drug-likeness (QED) is 0.645. The molecule has 0 atom stereocenters. The molecule has 1 amide bonds. The molecule has 2 N–H and O–H groups in total. The van der Waals surface area contributed by atoms with Crippen molar-refractivity contribution in [1.82, 2.24) is 15.5 Å². The van der Waals surface area contributed by atoms with Crippen molar-refractivity contribution in [3.8, 4) is 5.75 Å². The van der Waals surface area contributed by atoms with Gasteiger partial charge in [-0.2, -0.15) is 0 Å². The first-order valence-corrected chi connectivity index (χ1v) is 9.22. The number of aromatic nitrogens is 2. The molecule has 0 radical (unpaired) electrons. The highest BCUT2D eigenvalue weighted by atomic mass is 16.5. The minimum Gasteiger partial charge on any atom is -0.489 e. The number of carbonyl (C=O) groups is 1. The molecular weight excluding hydrogens is 352 g/mol. The summed E-state index contributed by atoms with van der Waals surface area (Å²) >= 11 is 0. The second-order valence-electron chi connectivity index (χ2n) is 6.70. The van der Waals surface area contributed by atoms with Crippen LogP contribution in [0.25, 0.3) is 0 Å². The predicted octanol–water partition coefficient (Wildman–Crippen LogP) is 4.25. The Morgan fingerprint density at radius 3 is 2.46 bits per heavy atom. The average molecular weight is 376 g/mol. The number of nitrogens with one attached hydrogen (secondary N) is 2. The number of para-hydroxylation sites is 2. The van der Waals surface area contributed by atoms with Crippen molar-refractivity contribution in [2.24, 2.45) is 0 Å². The Morgan fingerprint density at radius 1 is 1.00 bits per heavy atom. The van der Waals surface area contributed by atoms with Gasteiger partial charge in [-0.1, -0.05) is 36.4 Å². The van der Waals surface area contributed by atoms with Crippen molar-refractivity contribution in [3.63, 3.8) is 0 Å². The third kappa shape index (κ3) is 5.07. The lowest BCUT2D eigenvalue weighted by molar-refractivity contribution is 0.0945. The number of hydrogen-bond donors (Lipinski definition) is 2. The van der Waals surface area contributed by atoms with Crippen LogP contribution in [-0.2, 0) is 6.54 Å². The Balaban J connectivity index is 1.64. The van der Waals surface area contributed by atoms with E-state index in [0.29, 0.717) is 12.4 Å². The van der Waals surface area contributed by atoms with Gasteiger partial charge in [0.05, 0.1) is 11.8 Å². The summed E-state index contributed by atoms with van der Waals surface area (Å²) in [4.78, 5) is 12.3. The lowest BCUT2D eigenvalue weighted by Gasteiger charge is -2.14. The first-order valence-electron chi connectivity index (χ1n) is 9.22. The van der Waals surface area contributed by atoms with Gasteiger partial charge in [0.1, 0.15) is 5.75 Å². The van der Waals surface area contributed by atoms with Crippen LogP contribution in [0, 0.1) is 6.92 Å². The molecule has 1 aromatic heterocycles. The molecule has 1 heterocycles. The van der Waals surface area contributed by atoms with Crippen LogP contribution in [0.2, 0.25) is 0 Å². The zero-order chi connectivity index (χ0) is 19.9. The Kier molecular flexibility index (Phi) is 6.22. The van der Waals surface area contributed by atoms with E-state index in [1.165, 1.54) is 0 Å². The van der Waals surface area contributed by atoms with Crippen LogP contribution >= 0.6 is 0 Å². The van der Waals surface area contributed by atoms with Gasteiger partial charge in [-0.05, 0) is 56.2 Å². The van der Waals surface area contributed by atoms with Gasteiger partial charge in [-0.15, -0.1) is 10.2 Å². The molecule has 6 heteroatoms. The molecule has 0 aliphatic carbocycles. The Bertz CT molecular complexity index is 939. The summed E-state index contributed by atoms with van der Waals surface area (Å²) in [5.41, 5.74) is 3.27. The number of carbonyl (C=O) groups excluding carboxylic acids is 1. The summed E-state index contributed by atoms with van der Waals surface area (Å²) in [6.45, 7) is 6.41. The molecule has 0 spiro atoms. The highest BCUT2D eigenvalue weighted by Crippen LogP contribution is 2.27. The van der Waals surface area contributed by atoms with Crippen LogP contribution in [0.1, 0.15) is 35.5 Å². The predicted molar refractivity (Wildman–Crippen MR) is 110 cm³/mol. The van der Waals surface area contributed by atoms with Gasteiger partial charge in [0.25, 0.3) is 5.91 Å². The van der Waals surface area contributed by atoms with Gasteiger partial charge in [0.15, 0.2) is 11.5 Å². The molecular formula is C22H24N4O2. The van der Waals surface area contributed by atoms with E-state index in [1.807, 2.05) is 69.3 Å². The molecule has 0 fully saturated rings. The van der Waals surface area contributed by atoms with Gasteiger partial charge >= 0.3 is 0 Å². The third-order valence-corrected chi connectivity index (χ3v) is 4.11. The number of anilines is 2. The highest BCUT2D eigenvalue weighted by molar-refractivity contribution is 5.92. The standard InChI is InChI=1S/C22H24N4O2/c1-15(2)28-20-11-7-6-10-18(20)24-21-13-12-19(25-26-21)22(27)23-14-17-9-5-4-8-16(17)3/h4-13,15H,14H2,1-3H3,(H,23,27)(H,24,26). The van der Waals surface area contributed by atoms with Gasteiger partial charge in [-0.3, -0.25) is 4.79 Å². The second-order valence-corrected chi connectivity index (χ2v) is 6.70. The molecule has 28 heavy (non-hydrogen) atoms. The van der Waals surface area contributed by atoms with E-state index in [-0.39, 0.29) is 17.7 Å². The van der Waals surface area contributed by atoms with Crippen molar-refractivity contribution in [3.05, 3.63) is 77.5 Å². The molecule has 6 nitrogen and oxygen atoms in total. The second kappa shape index (κ2) is 8.99. The van der Waals surface area contributed by atoms with Crippen molar-refractivity contribution in [2.75, 3.05) is 5.32 Å². The highest BCUT2D eigenvalue weighted by Gasteiger charge is 2.10. The lowest BCUT2D eigenvalue weighted by Crippen LogP contribution is -2.24. The summed E-state index contributed by atoms with van der Waals surface area (Å²) in [7, 11) is 0. The number of nitrogens with zero attached hydrogens (tertiary/aromatic N) is 2. The van der Waals surface area contributed by atoms with Crippen LogP contribution in [0.15, 0.2) is 60.7 Å². The fourth-order valence-electron chi connectivity index (χ4n) is 2.66. The van der Waals surface area contributed by atoms with E-state index in [4.69, 9.17) is 4.74 Å². The summed E-state index contributed by atoms with van der Waals surface area (Å²) < 4.78 is 5.79. The number of hydrogen-bond acceptors (Lipinski definition) is 5. The molecule has 0 saturated carbocycles. The fraction of sp³-hybridized carbons (Fsp3) is 0.227. The monoisotopic (exact) mass is 376 g/mol. The van der Waals surface area contributed by atoms with E-state index in [9.17, 15) is 4.79 Å². The minimum absolute atomic E-state index is 0.0633. The minimum atomic E-state index is -0.258. The number of benzene rings is 2. The molecule has 3 aromatic rings. The Morgan fingerprint density at radius 2 is 1.75 bits per heavy atom. The largest absolute Gasteiger partial charge is 0.489 e. The van der Waals surface area contributed by atoms with Gasteiger partial charge < -0.3 is 15.4 Å². The number of aryl methyl sites for hydroxylation is 1. The summed E-state index contributed by atoms with van der Waals surface area (Å²) in [6.07, 6.45) is 0.0633. The van der Waals surface area contributed by atoms with Crippen LogP contribution in [0.5, 0.6) is 5.75 Å². The number of amides is 1. The number of ether oxygens (including phenoxy) is 1. The summed E-state index contributed by atoms with van der Waals surface area (Å²) in [5, 5.41) is 14.2. The maximum Gasteiger partial charge on any atom is 0.272 e. The van der Waals surface area contributed by atoms with Crippen molar-refractivity contribution >= 4 is 17.4 Å². The first kappa shape index (κ1) is 19.4. The summed E-state index contributed by atoms with van der Waals surface area (Å²) in [5.74, 6) is 1.01. The normalized spacial score (nSPS) is 10.6. The molecule has 0 aliphatic heterocycles. The van der Waals surface area contributed by atoms with Crippen LogP contribution in [0.4, 0.5) is 11.5 Å². The Labute approximate surface area is 165 Å². The topological polar surface area (TPSA) is 76.1 Å². The van der Waals surface area contributed by atoms with Crippen molar-refractivity contribution in [1.29, 1.82) is 0 Å². The van der Waals surface area contributed by atoms with Crippen molar-refractivity contribution in [2.45, 2.75) is 33.4 Å². The van der Waals surface area contributed by atoms with Crippen LogP contribution in [-0.4, -0.2) is 22.2 Å². The maximum absolute atomic E-state index is 12.3. The molecule has 0 aliphatic rings. The fourth-order valence-corrected chi connectivity index (χ4v) is 2.66. The van der Waals surface area contributed by atoms with Crippen LogP contribution < -0.4 is 15.4 Å². The lowest BCUT2D eigenvalue weighted by atomic mass is 10.1. The molecule has 0 bridgehead atoms. The van der Waals surface area contributed by atoms with E-state index >= 15 is 0 Å². The van der Waals surface area contributed by atoms with Gasteiger partial charge in [0.2, 0.25) is 0 Å². The van der Waals surface area contributed by atoms with E-state index in [1.54, 1.807) is 12.1 Å². The SMILES string of the molecule is Cc1ccccc1CNC(=O)c1ccc(Nc2ccccc2OC(C)C)nn1. The van der Waals surface area contributed by atoms with Gasteiger partial charge in [-0.25, -0.2) is 0 Å². The molecule has 0 unspecified atom stereocenters. The Hall–Kier alpha value is -3.41. The van der Waals surface area contributed by atoms with E-state index in [0.717, 1.165) is 22.6 Å². The zero-order valence-electron chi connectivity index (χ0n) is 16.3. The average Bonchev–Trinajstić information content (AvgIpc) is 2.69. The smallest absolute Gasteiger partial charge is 0.272 e. The molecule has 2 aromatic carbocycles. The van der Waals surface area contributed by atoms with E-state index in [2.05, 4.69) is 20.8 Å². The zero-order valence-corrected chi connectivity index (χ0v) is 16.3. The molecule has 0 saturated heterocycles. The summed E-state index contributed by atoms with van der Waals surface area (Å²) in [6, 6.07) is 18.9. The maximum atomic E-state index is 12.3. The van der Waals surface area contributed by atoms with Crippen LogP contribution in [0.3, 0.4) is 0 Å². The molecule has 144 valence electrons. The van der Waals surface area contributed by atoms with E-state index < -0.39 is 0 Å². The number of rotatable bonds is 7. The van der Waals surface area contributed by atoms with Gasteiger partial charge in [0, 0.05) is 6.54 Å². The first-order chi connectivity index (χ1) is 13.5. The van der Waals surface area contributed by atoms with Crippen molar-refractivity contribution < 1.29 is 9.53 Å². The third-order valence-electron chi connectivity index (χ3n) is 4.11.